The van der Waals surface area contributed by atoms with Gasteiger partial charge in [0.05, 0.1) is 0 Å². The van der Waals surface area contributed by atoms with Crippen molar-refractivity contribution in [1.29, 1.82) is 0 Å². The summed E-state index contributed by atoms with van der Waals surface area (Å²) in [4.78, 5) is 11.6. The van der Waals surface area contributed by atoms with Crippen LogP contribution in [0.25, 0.3) is 0 Å². The Hall–Kier alpha value is -0.890. The first-order valence-corrected chi connectivity index (χ1v) is 9.42. The molecule has 142 valence electrons. The lowest BCUT2D eigenvalue weighted by molar-refractivity contribution is 0.183. The zero-order valence-electron chi connectivity index (χ0n) is 15.7. The summed E-state index contributed by atoms with van der Waals surface area (Å²) in [6.45, 7) is 10.8. The number of hydrogen-bond acceptors (Lipinski definition) is 3. The molecule has 0 bridgehead atoms. The minimum absolute atomic E-state index is 0. The van der Waals surface area contributed by atoms with Crippen molar-refractivity contribution in [3.8, 4) is 0 Å². The Morgan fingerprint density at radius 2 is 2.24 bits per heavy atom. The van der Waals surface area contributed by atoms with E-state index >= 15 is 0 Å². The summed E-state index contributed by atoms with van der Waals surface area (Å²) in [7, 11) is 0. The normalized spacial score (nSPS) is 18.5. The molecule has 0 saturated carbocycles. The van der Waals surface area contributed by atoms with Crippen LogP contribution in [0.4, 0.5) is 0 Å². The Balaban J connectivity index is 0.00000312. The molecule has 0 aliphatic carbocycles. The first-order chi connectivity index (χ1) is 11.8. The lowest BCUT2D eigenvalue weighted by Gasteiger charge is -2.30. The maximum Gasteiger partial charge on any atom is 0.191 e. The van der Waals surface area contributed by atoms with Crippen molar-refractivity contribution in [3.63, 3.8) is 0 Å². The van der Waals surface area contributed by atoms with Crippen LogP contribution in [0.3, 0.4) is 0 Å². The van der Waals surface area contributed by atoms with Crippen LogP contribution in [0.1, 0.15) is 38.8 Å². The molecule has 2 heterocycles. The Bertz CT molecular complexity index is 480. The SMILES string of the molecule is CCNC(=NCCCN1CCCC(C)C1)NCCc1ccccn1.I. The lowest BCUT2D eigenvalue weighted by Crippen LogP contribution is -2.39. The van der Waals surface area contributed by atoms with E-state index in [1.807, 2.05) is 18.3 Å². The Morgan fingerprint density at radius 3 is 2.96 bits per heavy atom. The minimum Gasteiger partial charge on any atom is -0.357 e. The lowest BCUT2D eigenvalue weighted by atomic mass is 10.0. The average molecular weight is 459 g/mol. The third-order valence-electron chi connectivity index (χ3n) is 4.39. The van der Waals surface area contributed by atoms with Crippen molar-refractivity contribution in [2.75, 3.05) is 39.3 Å². The molecule has 25 heavy (non-hydrogen) atoms. The number of aliphatic imine (C=N–C) groups is 1. The van der Waals surface area contributed by atoms with E-state index in [9.17, 15) is 0 Å². The van der Waals surface area contributed by atoms with Crippen LogP contribution in [-0.4, -0.2) is 55.1 Å². The molecule has 2 rings (SSSR count). The summed E-state index contributed by atoms with van der Waals surface area (Å²) >= 11 is 0. The van der Waals surface area contributed by atoms with Gasteiger partial charge < -0.3 is 15.5 Å². The van der Waals surface area contributed by atoms with Gasteiger partial charge in [-0.25, -0.2) is 0 Å². The summed E-state index contributed by atoms with van der Waals surface area (Å²) in [6, 6.07) is 6.04. The van der Waals surface area contributed by atoms with Gasteiger partial charge in [0.1, 0.15) is 0 Å². The van der Waals surface area contributed by atoms with Crippen molar-refractivity contribution >= 4 is 29.9 Å². The molecule has 1 saturated heterocycles. The summed E-state index contributed by atoms with van der Waals surface area (Å²) in [6.07, 6.45) is 6.62. The smallest absolute Gasteiger partial charge is 0.191 e. The number of likely N-dealkylation sites (tertiary alicyclic amines) is 1. The molecule has 0 amide bonds. The molecule has 1 aliphatic rings. The van der Waals surface area contributed by atoms with Crippen LogP contribution < -0.4 is 10.6 Å². The molecule has 0 aromatic carbocycles. The Kier molecular flexibility index (Phi) is 11.8. The zero-order valence-corrected chi connectivity index (χ0v) is 18.0. The average Bonchev–Trinajstić information content (AvgIpc) is 2.60. The monoisotopic (exact) mass is 459 g/mol. The largest absolute Gasteiger partial charge is 0.357 e. The highest BCUT2D eigenvalue weighted by molar-refractivity contribution is 14.0. The number of guanidine groups is 1. The second-order valence-corrected chi connectivity index (χ2v) is 6.66. The van der Waals surface area contributed by atoms with E-state index in [0.717, 1.165) is 50.0 Å². The van der Waals surface area contributed by atoms with Gasteiger partial charge in [0.2, 0.25) is 0 Å². The van der Waals surface area contributed by atoms with Gasteiger partial charge in [-0.2, -0.15) is 0 Å². The molecule has 1 aromatic rings. The second-order valence-electron chi connectivity index (χ2n) is 6.66. The van der Waals surface area contributed by atoms with Crippen molar-refractivity contribution in [1.82, 2.24) is 20.5 Å². The van der Waals surface area contributed by atoms with Gasteiger partial charge in [-0.05, 0) is 57.3 Å². The molecule has 1 aromatic heterocycles. The number of rotatable bonds is 8. The van der Waals surface area contributed by atoms with Gasteiger partial charge in [0.15, 0.2) is 5.96 Å². The van der Waals surface area contributed by atoms with Gasteiger partial charge in [-0.3, -0.25) is 9.98 Å². The highest BCUT2D eigenvalue weighted by Gasteiger charge is 2.15. The van der Waals surface area contributed by atoms with E-state index in [4.69, 9.17) is 4.99 Å². The molecule has 0 spiro atoms. The van der Waals surface area contributed by atoms with E-state index < -0.39 is 0 Å². The van der Waals surface area contributed by atoms with Gasteiger partial charge in [-0.15, -0.1) is 24.0 Å². The zero-order chi connectivity index (χ0) is 17.0. The maximum absolute atomic E-state index is 4.70. The fourth-order valence-electron chi connectivity index (χ4n) is 3.17. The van der Waals surface area contributed by atoms with Crippen molar-refractivity contribution in [3.05, 3.63) is 30.1 Å². The standard InChI is InChI=1S/C19H33N5.HI/c1-3-20-19(23-13-10-18-9-4-5-11-21-18)22-12-7-15-24-14-6-8-17(2)16-24;/h4-5,9,11,17H,3,6-8,10,12-16H2,1-2H3,(H2,20,22,23);1H. The van der Waals surface area contributed by atoms with Crippen molar-refractivity contribution in [2.45, 2.75) is 39.5 Å². The van der Waals surface area contributed by atoms with Crippen LogP contribution in [-0.2, 0) is 6.42 Å². The Labute approximate surface area is 170 Å². The highest BCUT2D eigenvalue weighted by atomic mass is 127. The Morgan fingerprint density at radius 1 is 1.36 bits per heavy atom. The molecule has 6 heteroatoms. The molecule has 1 aliphatic heterocycles. The molecule has 2 N–H and O–H groups in total. The fourth-order valence-corrected chi connectivity index (χ4v) is 3.17. The number of halogens is 1. The van der Waals surface area contributed by atoms with Crippen LogP contribution >= 0.6 is 24.0 Å². The van der Waals surface area contributed by atoms with E-state index in [0.29, 0.717) is 0 Å². The number of hydrogen-bond donors (Lipinski definition) is 2. The molecule has 1 unspecified atom stereocenters. The van der Waals surface area contributed by atoms with E-state index in [1.165, 1.54) is 32.5 Å². The summed E-state index contributed by atoms with van der Waals surface area (Å²) in [5.41, 5.74) is 1.11. The molecular formula is C19H34IN5. The first kappa shape index (κ1) is 22.2. The van der Waals surface area contributed by atoms with Crippen molar-refractivity contribution < 1.29 is 0 Å². The van der Waals surface area contributed by atoms with Gasteiger partial charge >= 0.3 is 0 Å². The summed E-state index contributed by atoms with van der Waals surface area (Å²) in [5.74, 6) is 1.77. The topological polar surface area (TPSA) is 52.6 Å². The van der Waals surface area contributed by atoms with Crippen LogP contribution in [0.15, 0.2) is 29.4 Å². The molecule has 1 fully saturated rings. The number of aromatic nitrogens is 1. The second kappa shape index (κ2) is 13.3. The number of nitrogens with one attached hydrogen (secondary N) is 2. The molecule has 0 radical (unpaired) electrons. The fraction of sp³-hybridized carbons (Fsp3) is 0.684. The summed E-state index contributed by atoms with van der Waals surface area (Å²) in [5, 5.41) is 6.72. The predicted octanol–water partition coefficient (Wildman–Crippen LogP) is 2.92. The van der Waals surface area contributed by atoms with Gasteiger partial charge in [0.25, 0.3) is 0 Å². The van der Waals surface area contributed by atoms with Gasteiger partial charge in [-0.1, -0.05) is 13.0 Å². The maximum atomic E-state index is 4.70. The van der Waals surface area contributed by atoms with E-state index in [2.05, 4.69) is 40.4 Å². The first-order valence-electron chi connectivity index (χ1n) is 9.42. The highest BCUT2D eigenvalue weighted by Crippen LogP contribution is 2.15. The van der Waals surface area contributed by atoms with Crippen LogP contribution in [0.2, 0.25) is 0 Å². The van der Waals surface area contributed by atoms with Gasteiger partial charge in [0, 0.05) is 44.5 Å². The summed E-state index contributed by atoms with van der Waals surface area (Å²) < 4.78 is 0. The number of piperidine rings is 1. The van der Waals surface area contributed by atoms with Crippen LogP contribution in [0.5, 0.6) is 0 Å². The minimum atomic E-state index is 0. The number of nitrogens with zero attached hydrogens (tertiary/aromatic N) is 3. The third-order valence-corrected chi connectivity index (χ3v) is 4.39. The predicted molar refractivity (Wildman–Crippen MR) is 117 cm³/mol. The number of pyridine rings is 1. The van der Waals surface area contributed by atoms with E-state index in [-0.39, 0.29) is 24.0 Å². The molecular weight excluding hydrogens is 425 g/mol. The molecule has 1 atom stereocenters. The van der Waals surface area contributed by atoms with Crippen molar-refractivity contribution in [2.24, 2.45) is 10.9 Å². The van der Waals surface area contributed by atoms with Crippen LogP contribution in [0, 0.1) is 5.92 Å². The van der Waals surface area contributed by atoms with E-state index in [1.54, 1.807) is 0 Å². The third kappa shape index (κ3) is 9.39. The molecule has 5 nitrogen and oxygen atoms in total. The quantitative estimate of drug-likeness (QED) is 0.272.